The molecule has 4 rings (SSSR count). The lowest BCUT2D eigenvalue weighted by Crippen LogP contribution is -1.94. The molecule has 0 aliphatic rings. The van der Waals surface area contributed by atoms with Crippen molar-refractivity contribution in [2.45, 2.75) is 6.92 Å². The summed E-state index contributed by atoms with van der Waals surface area (Å²) in [4.78, 5) is 0. The van der Waals surface area contributed by atoms with Crippen LogP contribution in [0.5, 0.6) is 17.4 Å². The molecule has 4 aromatic rings. The van der Waals surface area contributed by atoms with Gasteiger partial charge in [-0.2, -0.15) is 0 Å². The van der Waals surface area contributed by atoms with Crippen LogP contribution in [0.4, 0.5) is 0 Å². The van der Waals surface area contributed by atoms with E-state index in [1.165, 1.54) is 0 Å². The Morgan fingerprint density at radius 2 is 1.60 bits per heavy atom. The van der Waals surface area contributed by atoms with Gasteiger partial charge in [0.15, 0.2) is 11.5 Å². The number of ether oxygens (including phenoxy) is 2. The largest absolute Gasteiger partial charge is 0.493 e. The second kappa shape index (κ2) is 6.36. The van der Waals surface area contributed by atoms with E-state index in [-0.39, 0.29) is 0 Å². The normalized spacial score (nSPS) is 10.8. The van der Waals surface area contributed by atoms with Crippen molar-refractivity contribution in [2.24, 2.45) is 0 Å². The van der Waals surface area contributed by atoms with Gasteiger partial charge in [0.25, 0.3) is 5.95 Å². The average Bonchev–Trinajstić information content (AvgIpc) is 3.06. The molecule has 0 saturated carbocycles. The molecule has 0 aliphatic heterocycles. The monoisotopic (exact) mass is 330 g/mol. The van der Waals surface area contributed by atoms with Crippen LogP contribution in [0.1, 0.15) is 5.56 Å². The van der Waals surface area contributed by atoms with Gasteiger partial charge in [-0.25, -0.2) is 0 Å². The Kier molecular flexibility index (Phi) is 3.90. The Bertz CT molecular complexity index is 983. The van der Waals surface area contributed by atoms with Crippen molar-refractivity contribution in [1.82, 2.24) is 0 Å². The van der Waals surface area contributed by atoms with Crippen molar-refractivity contribution < 1.29 is 13.9 Å². The predicted molar refractivity (Wildman–Crippen MR) is 99.5 cm³/mol. The lowest BCUT2D eigenvalue weighted by molar-refractivity contribution is 0.330. The third-order valence-corrected chi connectivity index (χ3v) is 4.28. The zero-order valence-corrected chi connectivity index (χ0v) is 14.2. The molecule has 0 atom stereocenters. The van der Waals surface area contributed by atoms with E-state index in [1.54, 1.807) is 7.11 Å². The smallest absolute Gasteiger partial charge is 0.291 e. The molecule has 0 unspecified atom stereocenters. The number of fused-ring (bicyclic) bond motifs is 1. The molecule has 0 saturated heterocycles. The van der Waals surface area contributed by atoms with E-state index < -0.39 is 0 Å². The molecule has 0 N–H and O–H groups in total. The SMILES string of the molecule is COc1ccc(-c2ccccc2)c(C)c1Oc1cc2ccccc2o1. The summed E-state index contributed by atoms with van der Waals surface area (Å²) in [6.45, 7) is 2.03. The molecule has 3 heteroatoms. The molecular weight excluding hydrogens is 312 g/mol. The summed E-state index contributed by atoms with van der Waals surface area (Å²) in [6.07, 6.45) is 0. The lowest BCUT2D eigenvalue weighted by atomic mass is 9.99. The second-order valence-corrected chi connectivity index (χ2v) is 5.84. The van der Waals surface area contributed by atoms with Gasteiger partial charge in [0.05, 0.1) is 7.11 Å². The van der Waals surface area contributed by atoms with Crippen molar-refractivity contribution in [3.8, 4) is 28.6 Å². The summed E-state index contributed by atoms with van der Waals surface area (Å²) in [6, 6.07) is 23.9. The standard InChI is InChI=1S/C22H18O3/c1-15-18(16-8-4-3-5-9-16)12-13-20(23-2)22(15)25-21-14-17-10-6-7-11-19(17)24-21/h3-14H,1-2H3. The molecular formula is C22H18O3. The topological polar surface area (TPSA) is 31.6 Å². The average molecular weight is 330 g/mol. The maximum absolute atomic E-state index is 6.09. The Morgan fingerprint density at radius 3 is 2.36 bits per heavy atom. The number of methoxy groups -OCH3 is 1. The van der Waals surface area contributed by atoms with Gasteiger partial charge in [-0.15, -0.1) is 0 Å². The third kappa shape index (κ3) is 2.85. The van der Waals surface area contributed by atoms with E-state index in [1.807, 2.05) is 61.5 Å². The minimum atomic E-state index is 0.452. The minimum absolute atomic E-state index is 0.452. The fraction of sp³-hybridized carbons (Fsp3) is 0.0909. The molecule has 0 radical (unpaired) electrons. The molecule has 3 aromatic carbocycles. The molecule has 0 spiro atoms. The van der Waals surface area contributed by atoms with Crippen molar-refractivity contribution in [3.63, 3.8) is 0 Å². The van der Waals surface area contributed by atoms with E-state index in [4.69, 9.17) is 13.9 Å². The van der Waals surface area contributed by atoms with E-state index in [9.17, 15) is 0 Å². The number of furan rings is 1. The van der Waals surface area contributed by atoms with E-state index in [0.717, 1.165) is 27.7 Å². The van der Waals surface area contributed by atoms with E-state index >= 15 is 0 Å². The molecule has 124 valence electrons. The number of hydrogen-bond acceptors (Lipinski definition) is 3. The first kappa shape index (κ1) is 15.3. The fourth-order valence-corrected chi connectivity index (χ4v) is 2.99. The highest BCUT2D eigenvalue weighted by molar-refractivity contribution is 5.79. The summed E-state index contributed by atoms with van der Waals surface area (Å²) in [5.74, 6) is 1.80. The maximum Gasteiger partial charge on any atom is 0.291 e. The highest BCUT2D eigenvalue weighted by Crippen LogP contribution is 2.41. The summed E-state index contributed by atoms with van der Waals surface area (Å²) in [7, 11) is 1.64. The van der Waals surface area contributed by atoms with Crippen LogP contribution < -0.4 is 9.47 Å². The summed E-state index contributed by atoms with van der Waals surface area (Å²) in [5.41, 5.74) is 4.05. The molecule has 1 aromatic heterocycles. The van der Waals surface area contributed by atoms with Gasteiger partial charge < -0.3 is 13.9 Å². The summed E-state index contributed by atoms with van der Waals surface area (Å²) >= 11 is 0. The zero-order chi connectivity index (χ0) is 17.2. The fourth-order valence-electron chi connectivity index (χ4n) is 2.99. The number of rotatable bonds is 4. The quantitative estimate of drug-likeness (QED) is 0.446. The summed E-state index contributed by atoms with van der Waals surface area (Å²) in [5, 5.41) is 1.01. The van der Waals surface area contributed by atoms with Crippen LogP contribution in [-0.2, 0) is 0 Å². The minimum Gasteiger partial charge on any atom is -0.493 e. The Hall–Kier alpha value is -3.20. The van der Waals surface area contributed by atoms with Gasteiger partial charge in [-0.05, 0) is 30.2 Å². The van der Waals surface area contributed by atoms with Crippen LogP contribution in [0, 0.1) is 6.92 Å². The number of para-hydroxylation sites is 1. The lowest BCUT2D eigenvalue weighted by Gasteiger charge is -2.15. The highest BCUT2D eigenvalue weighted by Gasteiger charge is 2.16. The van der Waals surface area contributed by atoms with Crippen LogP contribution in [0.25, 0.3) is 22.1 Å². The van der Waals surface area contributed by atoms with Gasteiger partial charge in [-0.1, -0.05) is 54.6 Å². The molecule has 0 bridgehead atoms. The number of benzene rings is 3. The number of hydrogen-bond donors (Lipinski definition) is 0. The molecule has 0 fully saturated rings. The zero-order valence-electron chi connectivity index (χ0n) is 14.2. The molecule has 25 heavy (non-hydrogen) atoms. The van der Waals surface area contributed by atoms with Crippen LogP contribution >= 0.6 is 0 Å². The van der Waals surface area contributed by atoms with Gasteiger partial charge in [0.2, 0.25) is 0 Å². The van der Waals surface area contributed by atoms with E-state index in [2.05, 4.69) is 18.2 Å². The van der Waals surface area contributed by atoms with Gasteiger partial charge in [0, 0.05) is 17.0 Å². The van der Waals surface area contributed by atoms with Gasteiger partial charge in [0.1, 0.15) is 5.58 Å². The van der Waals surface area contributed by atoms with Crippen molar-refractivity contribution in [2.75, 3.05) is 7.11 Å². The highest BCUT2D eigenvalue weighted by atomic mass is 16.6. The predicted octanol–water partition coefficient (Wildman–Crippen LogP) is 6.21. The van der Waals surface area contributed by atoms with Crippen LogP contribution in [0.3, 0.4) is 0 Å². The Morgan fingerprint density at radius 1 is 0.840 bits per heavy atom. The second-order valence-electron chi connectivity index (χ2n) is 5.84. The molecule has 0 amide bonds. The van der Waals surface area contributed by atoms with Crippen molar-refractivity contribution in [3.05, 3.63) is 78.4 Å². The summed E-state index contributed by atoms with van der Waals surface area (Å²) < 4.78 is 17.4. The third-order valence-electron chi connectivity index (χ3n) is 4.28. The van der Waals surface area contributed by atoms with Gasteiger partial charge in [-0.3, -0.25) is 0 Å². The van der Waals surface area contributed by atoms with Gasteiger partial charge >= 0.3 is 0 Å². The van der Waals surface area contributed by atoms with Crippen molar-refractivity contribution >= 4 is 11.0 Å². The van der Waals surface area contributed by atoms with Crippen LogP contribution in [-0.4, -0.2) is 7.11 Å². The first-order chi connectivity index (χ1) is 12.3. The first-order valence-corrected chi connectivity index (χ1v) is 8.15. The molecule has 0 aliphatic carbocycles. The van der Waals surface area contributed by atoms with Crippen LogP contribution in [0.15, 0.2) is 77.2 Å². The Balaban J connectivity index is 1.79. The van der Waals surface area contributed by atoms with E-state index in [0.29, 0.717) is 17.4 Å². The molecule has 3 nitrogen and oxygen atoms in total. The van der Waals surface area contributed by atoms with Crippen LogP contribution in [0.2, 0.25) is 0 Å². The Labute approximate surface area is 146 Å². The van der Waals surface area contributed by atoms with Crippen molar-refractivity contribution in [1.29, 1.82) is 0 Å². The molecule has 1 heterocycles. The first-order valence-electron chi connectivity index (χ1n) is 8.15. The maximum atomic E-state index is 6.09.